The normalized spacial score (nSPS) is 15.2. The van der Waals surface area contributed by atoms with Crippen molar-refractivity contribution < 1.29 is 19.5 Å². The topological polar surface area (TPSA) is 127 Å². The van der Waals surface area contributed by atoms with E-state index in [4.69, 9.17) is 0 Å². The lowest BCUT2D eigenvalue weighted by molar-refractivity contribution is -0.255. The van der Waals surface area contributed by atoms with Gasteiger partial charge in [-0.05, 0) is 60.7 Å². The van der Waals surface area contributed by atoms with Crippen LogP contribution in [0.3, 0.4) is 0 Å². The predicted molar refractivity (Wildman–Crippen MR) is 130 cm³/mol. The van der Waals surface area contributed by atoms with Crippen LogP contribution < -0.4 is 15.7 Å². The minimum atomic E-state index is -1.34. The molecular formula is C26H26N5O4-. The summed E-state index contributed by atoms with van der Waals surface area (Å²) in [4.78, 5) is 46.2. The summed E-state index contributed by atoms with van der Waals surface area (Å²) >= 11 is 0. The van der Waals surface area contributed by atoms with Crippen molar-refractivity contribution in [3.63, 3.8) is 0 Å². The summed E-state index contributed by atoms with van der Waals surface area (Å²) in [6, 6.07) is 13.7. The summed E-state index contributed by atoms with van der Waals surface area (Å²) in [7, 11) is 0. The van der Waals surface area contributed by atoms with E-state index in [1.807, 2.05) is 24.3 Å². The number of rotatable bonds is 6. The average Bonchev–Trinajstić information content (AvgIpc) is 3.35. The molecule has 0 aliphatic carbocycles. The van der Waals surface area contributed by atoms with E-state index in [9.17, 15) is 19.5 Å². The summed E-state index contributed by atoms with van der Waals surface area (Å²) in [5.41, 5.74) is 3.01. The third-order valence-corrected chi connectivity index (χ3v) is 5.94. The van der Waals surface area contributed by atoms with Crippen molar-refractivity contribution in [2.75, 3.05) is 17.2 Å². The third kappa shape index (κ3) is 5.63. The first-order valence-corrected chi connectivity index (χ1v) is 11.4. The molecule has 9 nitrogen and oxygen atoms in total. The van der Waals surface area contributed by atoms with Crippen molar-refractivity contribution in [2.45, 2.75) is 38.6 Å². The highest BCUT2D eigenvalue weighted by atomic mass is 16.4. The first kappa shape index (κ1) is 23.9. The Hall–Kier alpha value is -4.27. The monoisotopic (exact) mass is 472 g/mol. The zero-order chi connectivity index (χ0) is 24.9. The molecule has 3 amide bonds. The maximum atomic E-state index is 12.9. The van der Waals surface area contributed by atoms with Gasteiger partial charge in [0.15, 0.2) is 5.82 Å². The van der Waals surface area contributed by atoms with E-state index in [1.165, 1.54) is 18.0 Å². The summed E-state index contributed by atoms with van der Waals surface area (Å²) in [6.45, 7) is 4.73. The van der Waals surface area contributed by atoms with Gasteiger partial charge in [0.25, 0.3) is 0 Å². The fourth-order valence-electron chi connectivity index (χ4n) is 3.94. The molecule has 1 fully saturated rings. The highest BCUT2D eigenvalue weighted by Crippen LogP contribution is 2.23. The van der Waals surface area contributed by atoms with Crippen LogP contribution in [0.4, 0.5) is 16.2 Å². The number of carbonyl (C=O) groups is 3. The fraction of sp³-hybridized carbons (Fsp3) is 0.269. The minimum absolute atomic E-state index is 0.102. The number of carboxylic acid groups (broad SMARTS) is 1. The van der Waals surface area contributed by atoms with Crippen LogP contribution >= 0.6 is 0 Å². The van der Waals surface area contributed by atoms with E-state index >= 15 is 0 Å². The summed E-state index contributed by atoms with van der Waals surface area (Å²) in [6.07, 6.45) is 3.70. The molecule has 0 radical (unpaired) electrons. The first-order valence-electron chi connectivity index (χ1n) is 11.4. The van der Waals surface area contributed by atoms with Crippen LogP contribution in [-0.4, -0.2) is 45.4 Å². The molecular weight excluding hydrogens is 446 g/mol. The van der Waals surface area contributed by atoms with Gasteiger partial charge in [0, 0.05) is 41.4 Å². The van der Waals surface area contributed by atoms with Gasteiger partial charge in [-0.15, -0.1) is 0 Å². The minimum Gasteiger partial charge on any atom is -0.545 e. The molecule has 180 valence electrons. The van der Waals surface area contributed by atoms with Crippen LogP contribution in [0.25, 0.3) is 11.4 Å². The van der Waals surface area contributed by atoms with Gasteiger partial charge in [-0.1, -0.05) is 26.0 Å². The number of anilines is 2. The zero-order valence-electron chi connectivity index (χ0n) is 19.5. The SMILES string of the molecule is CC(C)c1ccc(NC(=O)N2CCC[C@@H]2C(=O)Nc2ccc(-c3ncc(C(=O)[O-])cn3)cc2)cc1. The number of likely N-dealkylation sites (tertiary alicyclic amines) is 1. The molecule has 2 N–H and O–H groups in total. The van der Waals surface area contributed by atoms with Gasteiger partial charge in [-0.25, -0.2) is 14.8 Å². The number of urea groups is 1. The molecule has 0 saturated carbocycles. The smallest absolute Gasteiger partial charge is 0.322 e. The Kier molecular flexibility index (Phi) is 7.05. The zero-order valence-corrected chi connectivity index (χ0v) is 19.5. The molecule has 0 spiro atoms. The van der Waals surface area contributed by atoms with Crippen LogP contribution in [0.15, 0.2) is 60.9 Å². The second-order valence-corrected chi connectivity index (χ2v) is 8.71. The van der Waals surface area contributed by atoms with Gasteiger partial charge in [-0.2, -0.15) is 0 Å². The summed E-state index contributed by atoms with van der Waals surface area (Å²) < 4.78 is 0. The van der Waals surface area contributed by atoms with Crippen LogP contribution in [0.5, 0.6) is 0 Å². The van der Waals surface area contributed by atoms with Crippen LogP contribution in [0.1, 0.15) is 48.5 Å². The van der Waals surface area contributed by atoms with Crippen LogP contribution in [0.2, 0.25) is 0 Å². The number of amides is 3. The maximum absolute atomic E-state index is 12.9. The Labute approximate surface area is 203 Å². The van der Waals surface area contributed by atoms with Crippen molar-refractivity contribution in [3.05, 3.63) is 72.1 Å². The Morgan fingerprint density at radius 2 is 1.54 bits per heavy atom. The van der Waals surface area contributed by atoms with Crippen molar-refractivity contribution in [1.29, 1.82) is 0 Å². The Bertz CT molecular complexity index is 1210. The van der Waals surface area contributed by atoms with Crippen molar-refractivity contribution in [3.8, 4) is 11.4 Å². The van der Waals surface area contributed by atoms with Crippen molar-refractivity contribution >= 4 is 29.3 Å². The molecule has 1 aromatic heterocycles. The molecule has 1 aliphatic rings. The van der Waals surface area contributed by atoms with Crippen molar-refractivity contribution in [2.24, 2.45) is 0 Å². The van der Waals surface area contributed by atoms with Gasteiger partial charge < -0.3 is 25.4 Å². The van der Waals surface area contributed by atoms with Crippen LogP contribution in [0, 0.1) is 0 Å². The maximum Gasteiger partial charge on any atom is 0.322 e. The number of aromatic nitrogens is 2. The molecule has 1 atom stereocenters. The lowest BCUT2D eigenvalue weighted by Crippen LogP contribution is -2.45. The van der Waals surface area contributed by atoms with Gasteiger partial charge in [0.2, 0.25) is 5.91 Å². The molecule has 2 heterocycles. The number of carbonyl (C=O) groups excluding carboxylic acids is 3. The van der Waals surface area contributed by atoms with Crippen molar-refractivity contribution in [1.82, 2.24) is 14.9 Å². The summed E-state index contributed by atoms with van der Waals surface area (Å²) in [5.74, 6) is -0.834. The lowest BCUT2D eigenvalue weighted by Gasteiger charge is -2.24. The number of nitrogens with one attached hydrogen (secondary N) is 2. The van der Waals surface area contributed by atoms with E-state index in [1.54, 1.807) is 29.2 Å². The molecule has 2 aromatic carbocycles. The van der Waals surface area contributed by atoms with E-state index in [0.29, 0.717) is 41.6 Å². The van der Waals surface area contributed by atoms with Crippen LogP contribution in [-0.2, 0) is 4.79 Å². The summed E-state index contributed by atoms with van der Waals surface area (Å²) in [5, 5.41) is 16.6. The van der Waals surface area contributed by atoms with Gasteiger partial charge in [0.1, 0.15) is 6.04 Å². The highest BCUT2D eigenvalue weighted by molar-refractivity contribution is 5.99. The lowest BCUT2D eigenvalue weighted by atomic mass is 10.0. The molecule has 3 aromatic rings. The molecule has 0 bridgehead atoms. The second kappa shape index (κ2) is 10.3. The van der Waals surface area contributed by atoms with E-state index in [0.717, 1.165) is 6.42 Å². The number of carboxylic acids is 1. The fourth-order valence-corrected chi connectivity index (χ4v) is 3.94. The molecule has 35 heavy (non-hydrogen) atoms. The standard InChI is InChI=1S/C26H27N5O4/c1-16(2)17-5-9-21(10-6-17)30-26(35)31-13-3-4-22(31)24(32)29-20-11-7-18(8-12-20)23-27-14-19(15-28-23)25(33)34/h5-12,14-16,22H,3-4,13H2,1-2H3,(H,29,32)(H,30,35)(H,33,34)/p-1/t22-/m1/s1. The van der Waals surface area contributed by atoms with E-state index in [2.05, 4.69) is 34.4 Å². The first-order chi connectivity index (χ1) is 16.8. The highest BCUT2D eigenvalue weighted by Gasteiger charge is 2.34. The van der Waals surface area contributed by atoms with E-state index in [-0.39, 0.29) is 17.5 Å². The second-order valence-electron chi connectivity index (χ2n) is 8.71. The number of aromatic carboxylic acids is 1. The van der Waals surface area contributed by atoms with Gasteiger partial charge in [-0.3, -0.25) is 4.79 Å². The predicted octanol–water partition coefficient (Wildman–Crippen LogP) is 3.27. The third-order valence-electron chi connectivity index (χ3n) is 5.94. The number of nitrogens with zero attached hydrogens (tertiary/aromatic N) is 3. The molecule has 1 aliphatic heterocycles. The number of hydrogen-bond acceptors (Lipinski definition) is 6. The Morgan fingerprint density at radius 1 is 0.943 bits per heavy atom. The quantitative estimate of drug-likeness (QED) is 0.567. The Morgan fingerprint density at radius 3 is 2.14 bits per heavy atom. The number of hydrogen-bond donors (Lipinski definition) is 2. The van der Waals surface area contributed by atoms with E-state index < -0.39 is 12.0 Å². The molecule has 9 heteroatoms. The van der Waals surface area contributed by atoms with Gasteiger partial charge in [0.05, 0.1) is 5.97 Å². The molecule has 1 saturated heterocycles. The average molecular weight is 473 g/mol. The molecule has 0 unspecified atom stereocenters. The largest absolute Gasteiger partial charge is 0.545 e. The number of benzene rings is 2. The molecule has 4 rings (SSSR count). The van der Waals surface area contributed by atoms with Gasteiger partial charge >= 0.3 is 6.03 Å². The Balaban J connectivity index is 1.37.